The summed E-state index contributed by atoms with van der Waals surface area (Å²) < 4.78 is 0. The van der Waals surface area contributed by atoms with E-state index in [0.717, 1.165) is 24.2 Å². The van der Waals surface area contributed by atoms with Crippen molar-refractivity contribution in [2.75, 3.05) is 19.7 Å². The van der Waals surface area contributed by atoms with Gasteiger partial charge in [-0.15, -0.1) is 0 Å². The number of fused-ring (bicyclic) bond motifs is 1. The third kappa shape index (κ3) is 2.82. The molecule has 1 amide bonds. The van der Waals surface area contributed by atoms with Crippen molar-refractivity contribution in [1.82, 2.24) is 4.90 Å². The molecule has 21 heavy (non-hydrogen) atoms. The first-order chi connectivity index (χ1) is 10.2. The van der Waals surface area contributed by atoms with E-state index in [4.69, 9.17) is 5.11 Å². The number of likely N-dealkylation sites (tertiary alicyclic amines) is 1. The molecule has 1 heterocycles. The highest BCUT2D eigenvalue weighted by Gasteiger charge is 2.38. The molecular weight excluding hydrogens is 262 g/mol. The van der Waals surface area contributed by atoms with Crippen LogP contribution in [0.4, 0.5) is 0 Å². The normalized spacial score (nSPS) is 23.6. The molecular formula is C18H21NO2. The second kappa shape index (κ2) is 5.91. The molecule has 1 saturated heterocycles. The zero-order valence-electron chi connectivity index (χ0n) is 12.4. The van der Waals surface area contributed by atoms with Crippen molar-refractivity contribution < 1.29 is 9.90 Å². The number of amides is 1. The molecule has 1 aliphatic heterocycles. The van der Waals surface area contributed by atoms with E-state index in [1.165, 1.54) is 19.3 Å². The number of hydrogen-bond acceptors (Lipinski definition) is 2. The number of hydrogen-bond donors (Lipinski definition) is 1. The molecule has 1 saturated carbocycles. The number of aliphatic hydroxyl groups is 1. The van der Waals surface area contributed by atoms with Crippen LogP contribution >= 0.6 is 0 Å². The molecule has 0 bridgehead atoms. The average molecular weight is 283 g/mol. The van der Waals surface area contributed by atoms with E-state index in [1.54, 1.807) is 0 Å². The average Bonchev–Trinajstić information content (AvgIpc) is 3.06. The molecule has 3 heteroatoms. The smallest absolute Gasteiger partial charge is 0.255 e. The number of nitrogens with zero attached hydrogens (tertiary/aromatic N) is 1. The van der Waals surface area contributed by atoms with Crippen molar-refractivity contribution in [2.24, 2.45) is 11.8 Å². The van der Waals surface area contributed by atoms with Gasteiger partial charge in [-0.05, 0) is 43.7 Å². The number of aliphatic hydroxyl groups excluding tert-OH is 1. The summed E-state index contributed by atoms with van der Waals surface area (Å²) >= 11 is 0. The second-order valence-electron chi connectivity index (χ2n) is 6.17. The Morgan fingerprint density at radius 3 is 2.71 bits per heavy atom. The molecule has 110 valence electrons. The fourth-order valence-electron chi connectivity index (χ4n) is 3.65. The van der Waals surface area contributed by atoms with Crippen LogP contribution in [0.15, 0.2) is 18.2 Å². The van der Waals surface area contributed by atoms with Crippen LogP contribution in [0.3, 0.4) is 0 Å². The largest absolute Gasteiger partial charge is 0.384 e. The van der Waals surface area contributed by atoms with Gasteiger partial charge >= 0.3 is 0 Å². The Morgan fingerprint density at radius 2 is 2.05 bits per heavy atom. The van der Waals surface area contributed by atoms with E-state index in [9.17, 15) is 4.79 Å². The van der Waals surface area contributed by atoms with Crippen LogP contribution in [0.1, 0.15) is 40.7 Å². The molecule has 3 rings (SSSR count). The Morgan fingerprint density at radius 1 is 1.33 bits per heavy atom. The summed E-state index contributed by atoms with van der Waals surface area (Å²) in [5, 5.41) is 8.86. The van der Waals surface area contributed by atoms with Crippen molar-refractivity contribution in [3.63, 3.8) is 0 Å². The molecule has 1 aromatic carbocycles. The molecule has 1 aliphatic carbocycles. The van der Waals surface area contributed by atoms with Gasteiger partial charge in [0.1, 0.15) is 6.61 Å². The SMILES string of the molecule is Cc1ccc(C#CCO)c(C(=O)N2CC3CCCC3C2)c1. The lowest BCUT2D eigenvalue weighted by atomic mass is 10.0. The summed E-state index contributed by atoms with van der Waals surface area (Å²) in [5.41, 5.74) is 2.46. The minimum absolute atomic E-state index is 0.0929. The highest BCUT2D eigenvalue weighted by atomic mass is 16.2. The van der Waals surface area contributed by atoms with Gasteiger partial charge in [0.05, 0.1) is 5.56 Å². The highest BCUT2D eigenvalue weighted by Crippen LogP contribution is 2.38. The van der Waals surface area contributed by atoms with Gasteiger partial charge in [-0.1, -0.05) is 29.9 Å². The summed E-state index contributed by atoms with van der Waals surface area (Å²) in [6.07, 6.45) is 3.84. The predicted octanol–water partition coefficient (Wildman–Crippen LogP) is 2.21. The van der Waals surface area contributed by atoms with Crippen LogP contribution in [0, 0.1) is 30.6 Å². The van der Waals surface area contributed by atoms with E-state index in [1.807, 2.05) is 30.0 Å². The summed E-state index contributed by atoms with van der Waals surface area (Å²) in [6, 6.07) is 5.75. The molecule has 2 aliphatic rings. The zero-order valence-corrected chi connectivity index (χ0v) is 12.4. The van der Waals surface area contributed by atoms with E-state index in [2.05, 4.69) is 11.8 Å². The monoisotopic (exact) mass is 283 g/mol. The lowest BCUT2D eigenvalue weighted by Crippen LogP contribution is -2.30. The van der Waals surface area contributed by atoms with Crippen molar-refractivity contribution >= 4 is 5.91 Å². The number of carbonyl (C=O) groups is 1. The second-order valence-corrected chi connectivity index (χ2v) is 6.17. The quantitative estimate of drug-likeness (QED) is 0.803. The van der Waals surface area contributed by atoms with Crippen molar-refractivity contribution in [3.8, 4) is 11.8 Å². The van der Waals surface area contributed by atoms with Crippen molar-refractivity contribution in [3.05, 3.63) is 34.9 Å². The maximum Gasteiger partial charge on any atom is 0.255 e. The Balaban J connectivity index is 1.85. The van der Waals surface area contributed by atoms with Crippen LogP contribution in [0.2, 0.25) is 0 Å². The highest BCUT2D eigenvalue weighted by molar-refractivity contribution is 5.97. The van der Waals surface area contributed by atoms with Gasteiger partial charge in [0.15, 0.2) is 0 Å². The molecule has 0 spiro atoms. The first-order valence-electron chi connectivity index (χ1n) is 7.68. The minimum Gasteiger partial charge on any atom is -0.384 e. The van der Waals surface area contributed by atoms with Crippen molar-refractivity contribution in [2.45, 2.75) is 26.2 Å². The molecule has 0 radical (unpaired) electrons. The molecule has 2 unspecified atom stereocenters. The molecule has 2 fully saturated rings. The summed E-state index contributed by atoms with van der Waals surface area (Å²) in [5.74, 6) is 7.03. The van der Waals surface area contributed by atoms with Crippen LogP contribution in [-0.4, -0.2) is 35.6 Å². The van der Waals surface area contributed by atoms with Gasteiger partial charge < -0.3 is 10.0 Å². The van der Waals surface area contributed by atoms with Crippen LogP contribution in [0.5, 0.6) is 0 Å². The van der Waals surface area contributed by atoms with E-state index in [-0.39, 0.29) is 12.5 Å². The Bertz CT molecular complexity index is 599. The maximum atomic E-state index is 12.8. The summed E-state index contributed by atoms with van der Waals surface area (Å²) in [4.78, 5) is 14.8. The maximum absolute atomic E-state index is 12.8. The van der Waals surface area contributed by atoms with Crippen molar-refractivity contribution in [1.29, 1.82) is 0 Å². The first kappa shape index (κ1) is 14.2. The van der Waals surface area contributed by atoms with Crippen LogP contribution in [0.25, 0.3) is 0 Å². The van der Waals surface area contributed by atoms with Crippen LogP contribution in [-0.2, 0) is 0 Å². The summed E-state index contributed by atoms with van der Waals surface area (Å²) in [6.45, 7) is 3.59. The molecule has 1 aromatic rings. The molecule has 1 N–H and O–H groups in total. The third-order valence-corrected chi connectivity index (χ3v) is 4.72. The standard InChI is InChI=1S/C18H21NO2/c1-13-7-8-14(6-3-9-20)17(10-13)18(21)19-11-15-4-2-5-16(15)12-19/h7-8,10,15-16,20H,2,4-5,9,11-12H2,1H3. The van der Waals surface area contributed by atoms with E-state index < -0.39 is 0 Å². The summed E-state index contributed by atoms with van der Waals surface area (Å²) in [7, 11) is 0. The fourth-order valence-corrected chi connectivity index (χ4v) is 3.65. The third-order valence-electron chi connectivity index (χ3n) is 4.72. The lowest BCUT2D eigenvalue weighted by molar-refractivity contribution is 0.0780. The number of rotatable bonds is 1. The van der Waals surface area contributed by atoms with Gasteiger partial charge in [0.2, 0.25) is 0 Å². The Hall–Kier alpha value is -1.79. The zero-order chi connectivity index (χ0) is 14.8. The van der Waals surface area contributed by atoms with Crippen LogP contribution < -0.4 is 0 Å². The number of carbonyl (C=O) groups excluding carboxylic acids is 1. The molecule has 0 aromatic heterocycles. The minimum atomic E-state index is -0.185. The lowest BCUT2D eigenvalue weighted by Gasteiger charge is -2.18. The Labute approximate surface area is 126 Å². The van der Waals surface area contributed by atoms with Gasteiger partial charge in [-0.2, -0.15) is 0 Å². The first-order valence-corrected chi connectivity index (χ1v) is 7.68. The van der Waals surface area contributed by atoms with Gasteiger partial charge in [0, 0.05) is 18.7 Å². The number of benzene rings is 1. The van der Waals surface area contributed by atoms with Gasteiger partial charge in [-0.3, -0.25) is 4.79 Å². The van der Waals surface area contributed by atoms with Gasteiger partial charge in [-0.25, -0.2) is 0 Å². The Kier molecular flexibility index (Phi) is 3.98. The number of aryl methyl sites for hydroxylation is 1. The fraction of sp³-hybridized carbons (Fsp3) is 0.500. The predicted molar refractivity (Wildman–Crippen MR) is 81.9 cm³/mol. The van der Waals surface area contributed by atoms with Gasteiger partial charge in [0.25, 0.3) is 5.91 Å². The topological polar surface area (TPSA) is 40.5 Å². The van der Waals surface area contributed by atoms with E-state index in [0.29, 0.717) is 17.4 Å². The molecule has 3 nitrogen and oxygen atoms in total. The van der Waals surface area contributed by atoms with E-state index >= 15 is 0 Å². The molecule has 2 atom stereocenters.